The van der Waals surface area contributed by atoms with Gasteiger partial charge in [-0.15, -0.1) is 0 Å². The van der Waals surface area contributed by atoms with Gasteiger partial charge in [0.05, 0.1) is 18.2 Å². The number of sulfonamides is 1. The number of anilines is 1. The fourth-order valence-electron chi connectivity index (χ4n) is 3.66. The third-order valence-electron chi connectivity index (χ3n) is 5.46. The van der Waals surface area contributed by atoms with E-state index in [-0.39, 0.29) is 28.6 Å². The Labute approximate surface area is 201 Å². The van der Waals surface area contributed by atoms with Crippen molar-refractivity contribution in [2.24, 2.45) is 0 Å². The first-order chi connectivity index (χ1) is 16.4. The van der Waals surface area contributed by atoms with Crippen LogP contribution in [-0.2, 0) is 14.8 Å². The molecular formula is C24H20ClN3O5S. The van der Waals surface area contributed by atoms with Crippen LogP contribution in [-0.4, -0.2) is 49.9 Å². The SMILES string of the molecule is O=C(Nc1ccc(-c2nc3ccccc3o2)cc1)c1ccc(Cl)c(S(=O)(=O)N2CCOCC2)c1. The van der Waals surface area contributed by atoms with Gasteiger partial charge in [0.25, 0.3) is 5.91 Å². The molecule has 10 heteroatoms. The summed E-state index contributed by atoms with van der Waals surface area (Å²) in [5.41, 5.74) is 2.94. The van der Waals surface area contributed by atoms with Crippen LogP contribution >= 0.6 is 11.6 Å². The first-order valence-electron chi connectivity index (χ1n) is 10.6. The van der Waals surface area contributed by atoms with Crippen LogP contribution < -0.4 is 5.32 Å². The molecule has 1 saturated heterocycles. The number of morpholine rings is 1. The molecule has 5 rings (SSSR count). The van der Waals surface area contributed by atoms with Crippen molar-refractivity contribution < 1.29 is 22.4 Å². The molecule has 2 heterocycles. The largest absolute Gasteiger partial charge is 0.436 e. The van der Waals surface area contributed by atoms with E-state index >= 15 is 0 Å². The average Bonchev–Trinajstić information content (AvgIpc) is 3.29. The predicted molar refractivity (Wildman–Crippen MR) is 128 cm³/mol. The van der Waals surface area contributed by atoms with E-state index in [1.807, 2.05) is 24.3 Å². The van der Waals surface area contributed by atoms with E-state index in [4.69, 9.17) is 20.8 Å². The number of carbonyl (C=O) groups excluding carboxylic acids is 1. The van der Waals surface area contributed by atoms with Gasteiger partial charge in [-0.1, -0.05) is 23.7 Å². The van der Waals surface area contributed by atoms with Crippen molar-refractivity contribution in [2.45, 2.75) is 4.90 Å². The molecule has 1 aromatic heterocycles. The fraction of sp³-hybridized carbons (Fsp3) is 0.167. The quantitative estimate of drug-likeness (QED) is 0.438. The average molecular weight is 498 g/mol. The summed E-state index contributed by atoms with van der Waals surface area (Å²) in [6.07, 6.45) is 0. The lowest BCUT2D eigenvalue weighted by Crippen LogP contribution is -2.40. The molecule has 4 aromatic rings. The maximum atomic E-state index is 13.0. The Balaban J connectivity index is 1.34. The standard InChI is InChI=1S/C24H20ClN3O5S/c25-19-10-7-17(15-22(19)34(30,31)28-11-13-32-14-12-28)23(29)26-18-8-5-16(6-9-18)24-27-20-3-1-2-4-21(20)33-24/h1-10,15H,11-14H2,(H,26,29). The minimum Gasteiger partial charge on any atom is -0.436 e. The third kappa shape index (κ3) is 4.43. The number of hydrogen-bond acceptors (Lipinski definition) is 6. The second kappa shape index (κ2) is 9.19. The molecule has 3 aromatic carbocycles. The first-order valence-corrected chi connectivity index (χ1v) is 12.4. The highest BCUT2D eigenvalue weighted by Gasteiger charge is 2.29. The molecule has 0 spiro atoms. The van der Waals surface area contributed by atoms with Crippen molar-refractivity contribution in [3.63, 3.8) is 0 Å². The second-order valence-corrected chi connectivity index (χ2v) is 9.99. The van der Waals surface area contributed by atoms with E-state index in [0.29, 0.717) is 30.4 Å². The third-order valence-corrected chi connectivity index (χ3v) is 7.85. The van der Waals surface area contributed by atoms with Gasteiger partial charge in [0.1, 0.15) is 10.4 Å². The molecular weight excluding hydrogens is 478 g/mol. The van der Waals surface area contributed by atoms with Gasteiger partial charge in [-0.2, -0.15) is 4.31 Å². The summed E-state index contributed by atoms with van der Waals surface area (Å²) in [6.45, 7) is 1.11. The van der Waals surface area contributed by atoms with Crippen LogP contribution in [0.4, 0.5) is 5.69 Å². The number of halogens is 1. The second-order valence-electron chi connectivity index (χ2n) is 7.68. The van der Waals surface area contributed by atoms with Gasteiger partial charge in [-0.05, 0) is 54.6 Å². The summed E-state index contributed by atoms with van der Waals surface area (Å²) in [7, 11) is -3.85. The Kier molecular flexibility index (Phi) is 6.09. The number of amides is 1. The summed E-state index contributed by atoms with van der Waals surface area (Å²) in [6, 6.07) is 18.7. The van der Waals surface area contributed by atoms with Crippen molar-refractivity contribution >= 4 is 44.3 Å². The molecule has 1 aliphatic rings. The zero-order valence-electron chi connectivity index (χ0n) is 17.9. The number of nitrogens with zero attached hydrogens (tertiary/aromatic N) is 2. The minimum atomic E-state index is -3.85. The van der Waals surface area contributed by atoms with E-state index < -0.39 is 15.9 Å². The highest BCUT2D eigenvalue weighted by molar-refractivity contribution is 7.89. The highest BCUT2D eigenvalue weighted by atomic mass is 35.5. The van der Waals surface area contributed by atoms with Crippen LogP contribution in [0.15, 0.2) is 76.0 Å². The number of aromatic nitrogens is 1. The van der Waals surface area contributed by atoms with Crippen molar-refractivity contribution in [2.75, 3.05) is 31.6 Å². The van der Waals surface area contributed by atoms with Gasteiger partial charge in [0.15, 0.2) is 5.58 Å². The summed E-state index contributed by atoms with van der Waals surface area (Å²) < 4.78 is 38.3. The van der Waals surface area contributed by atoms with Crippen LogP contribution in [0.2, 0.25) is 5.02 Å². The maximum absolute atomic E-state index is 13.0. The van der Waals surface area contributed by atoms with Crippen molar-refractivity contribution in [1.29, 1.82) is 0 Å². The molecule has 0 bridgehead atoms. The number of fused-ring (bicyclic) bond motifs is 1. The summed E-state index contributed by atoms with van der Waals surface area (Å²) >= 11 is 6.19. The number of nitrogens with one attached hydrogen (secondary N) is 1. The van der Waals surface area contributed by atoms with Crippen molar-refractivity contribution in [3.05, 3.63) is 77.3 Å². The molecule has 0 aliphatic carbocycles. The zero-order chi connectivity index (χ0) is 23.7. The Bertz CT molecular complexity index is 1430. The number of carbonyl (C=O) groups is 1. The maximum Gasteiger partial charge on any atom is 0.255 e. The minimum absolute atomic E-state index is 0.0609. The van der Waals surface area contributed by atoms with E-state index in [1.54, 1.807) is 24.3 Å². The lowest BCUT2D eigenvalue weighted by Gasteiger charge is -2.26. The monoisotopic (exact) mass is 497 g/mol. The molecule has 1 amide bonds. The molecule has 8 nitrogen and oxygen atoms in total. The van der Waals surface area contributed by atoms with Crippen LogP contribution in [0.1, 0.15) is 10.4 Å². The van der Waals surface area contributed by atoms with Crippen molar-refractivity contribution in [3.8, 4) is 11.5 Å². The molecule has 0 atom stereocenters. The molecule has 1 fully saturated rings. The van der Waals surface area contributed by atoms with E-state index in [2.05, 4.69) is 10.3 Å². The van der Waals surface area contributed by atoms with Gasteiger partial charge in [-0.25, -0.2) is 13.4 Å². The van der Waals surface area contributed by atoms with E-state index in [0.717, 1.165) is 11.1 Å². The fourth-order valence-corrected chi connectivity index (χ4v) is 5.57. The van der Waals surface area contributed by atoms with Gasteiger partial charge < -0.3 is 14.5 Å². The summed E-state index contributed by atoms with van der Waals surface area (Å²) in [5, 5.41) is 2.84. The van der Waals surface area contributed by atoms with Crippen LogP contribution in [0.3, 0.4) is 0 Å². The zero-order valence-corrected chi connectivity index (χ0v) is 19.5. The number of ether oxygens (including phenoxy) is 1. The Hall–Kier alpha value is -3.24. The Morgan fingerprint density at radius 2 is 1.74 bits per heavy atom. The highest BCUT2D eigenvalue weighted by Crippen LogP contribution is 2.28. The normalized spacial score (nSPS) is 14.9. The number of benzene rings is 3. The summed E-state index contributed by atoms with van der Waals surface area (Å²) in [4.78, 5) is 17.2. The molecule has 1 N–H and O–H groups in total. The number of rotatable bonds is 5. The van der Waals surface area contributed by atoms with E-state index in [1.165, 1.54) is 22.5 Å². The number of para-hydroxylation sites is 2. The predicted octanol–water partition coefficient (Wildman–Crippen LogP) is 4.42. The Morgan fingerprint density at radius 3 is 2.47 bits per heavy atom. The molecule has 0 radical (unpaired) electrons. The topological polar surface area (TPSA) is 102 Å². The molecule has 174 valence electrons. The summed E-state index contributed by atoms with van der Waals surface area (Å²) in [5.74, 6) is 0.0273. The molecule has 34 heavy (non-hydrogen) atoms. The molecule has 0 saturated carbocycles. The van der Waals surface area contributed by atoms with Gasteiger partial charge in [0, 0.05) is 29.9 Å². The smallest absolute Gasteiger partial charge is 0.255 e. The lowest BCUT2D eigenvalue weighted by molar-refractivity contribution is 0.0730. The van der Waals surface area contributed by atoms with Crippen LogP contribution in [0, 0.1) is 0 Å². The first kappa shape index (κ1) is 22.5. The van der Waals surface area contributed by atoms with Crippen LogP contribution in [0.25, 0.3) is 22.6 Å². The molecule has 0 unspecified atom stereocenters. The van der Waals surface area contributed by atoms with Gasteiger partial charge in [-0.3, -0.25) is 4.79 Å². The van der Waals surface area contributed by atoms with Gasteiger partial charge in [0.2, 0.25) is 15.9 Å². The Morgan fingerprint density at radius 1 is 1.00 bits per heavy atom. The van der Waals surface area contributed by atoms with E-state index in [9.17, 15) is 13.2 Å². The van der Waals surface area contributed by atoms with Crippen molar-refractivity contribution in [1.82, 2.24) is 9.29 Å². The number of oxazole rings is 1. The lowest BCUT2D eigenvalue weighted by atomic mass is 10.2. The number of hydrogen-bond donors (Lipinski definition) is 1. The molecule has 1 aliphatic heterocycles. The van der Waals surface area contributed by atoms with Gasteiger partial charge >= 0.3 is 0 Å². The van der Waals surface area contributed by atoms with Crippen LogP contribution in [0.5, 0.6) is 0 Å².